The number of nitrogen functional groups attached to an aromatic ring is 1. The minimum absolute atomic E-state index is 0.256. The molecule has 0 unspecified atom stereocenters. The van der Waals surface area contributed by atoms with E-state index >= 15 is 0 Å². The van der Waals surface area contributed by atoms with Gasteiger partial charge < -0.3 is 5.73 Å². The molecule has 0 aliphatic rings. The highest BCUT2D eigenvalue weighted by molar-refractivity contribution is 5.34. The van der Waals surface area contributed by atoms with Crippen molar-refractivity contribution in [1.29, 1.82) is 0 Å². The molecular formula is C6H7N5. The van der Waals surface area contributed by atoms with Gasteiger partial charge in [-0.2, -0.15) is 9.50 Å². The lowest BCUT2D eigenvalue weighted by molar-refractivity contribution is 0.898. The molecule has 2 heterocycles. The first-order chi connectivity index (χ1) is 5.27. The lowest BCUT2D eigenvalue weighted by Crippen LogP contribution is -1.94. The van der Waals surface area contributed by atoms with Gasteiger partial charge in [0.25, 0.3) is 5.78 Å². The Kier molecular flexibility index (Phi) is 1.06. The second kappa shape index (κ2) is 1.91. The van der Waals surface area contributed by atoms with Crippen molar-refractivity contribution in [2.75, 3.05) is 5.73 Å². The third-order valence-corrected chi connectivity index (χ3v) is 1.45. The van der Waals surface area contributed by atoms with Crippen LogP contribution in [0.4, 0.5) is 5.95 Å². The Bertz CT molecular complexity index is 391. The molecular weight excluding hydrogens is 142 g/mol. The molecule has 5 heteroatoms. The van der Waals surface area contributed by atoms with E-state index in [4.69, 9.17) is 5.73 Å². The van der Waals surface area contributed by atoms with E-state index in [2.05, 4.69) is 15.1 Å². The third-order valence-electron chi connectivity index (χ3n) is 1.45. The monoisotopic (exact) mass is 149 g/mol. The van der Waals surface area contributed by atoms with Crippen LogP contribution in [-0.4, -0.2) is 19.6 Å². The lowest BCUT2D eigenvalue weighted by atomic mass is 10.5. The van der Waals surface area contributed by atoms with Crippen molar-refractivity contribution in [2.45, 2.75) is 6.92 Å². The lowest BCUT2D eigenvalue weighted by Gasteiger charge is -1.92. The number of nitrogens with zero attached hydrogens (tertiary/aromatic N) is 4. The Labute approximate surface area is 62.9 Å². The molecule has 0 aliphatic heterocycles. The van der Waals surface area contributed by atoms with E-state index in [0.717, 1.165) is 5.69 Å². The molecule has 2 aromatic rings. The standard InChI is InChI=1S/C6H7N5/c1-4-2-3-8-6-9-5(7)10-11(4)6/h2-3H,1H3,(H2,7,10). The van der Waals surface area contributed by atoms with Crippen LogP contribution in [-0.2, 0) is 0 Å². The SMILES string of the molecule is Cc1ccnc2nc(N)nn12. The molecule has 0 aliphatic carbocycles. The van der Waals surface area contributed by atoms with Crippen LogP contribution in [0.3, 0.4) is 0 Å². The molecule has 0 radical (unpaired) electrons. The third kappa shape index (κ3) is 0.813. The zero-order chi connectivity index (χ0) is 7.84. The van der Waals surface area contributed by atoms with Gasteiger partial charge in [0.15, 0.2) is 0 Å². The van der Waals surface area contributed by atoms with Crippen molar-refractivity contribution in [1.82, 2.24) is 19.6 Å². The highest BCUT2D eigenvalue weighted by Crippen LogP contribution is 2.01. The fraction of sp³-hybridized carbons (Fsp3) is 0.167. The molecule has 2 N–H and O–H groups in total. The Hall–Kier alpha value is -1.65. The largest absolute Gasteiger partial charge is 0.366 e. The maximum Gasteiger partial charge on any atom is 0.254 e. The molecule has 0 atom stereocenters. The Morgan fingerprint density at radius 1 is 1.55 bits per heavy atom. The predicted molar refractivity (Wildman–Crippen MR) is 39.9 cm³/mol. The summed E-state index contributed by atoms with van der Waals surface area (Å²) < 4.78 is 1.61. The maximum absolute atomic E-state index is 5.38. The first-order valence-corrected chi connectivity index (χ1v) is 3.21. The van der Waals surface area contributed by atoms with Gasteiger partial charge in [-0.3, -0.25) is 0 Å². The quantitative estimate of drug-likeness (QED) is 0.573. The summed E-state index contributed by atoms with van der Waals surface area (Å²) in [5.41, 5.74) is 6.35. The van der Waals surface area contributed by atoms with Crippen molar-refractivity contribution in [2.24, 2.45) is 0 Å². The van der Waals surface area contributed by atoms with Crippen molar-refractivity contribution in [3.05, 3.63) is 18.0 Å². The normalized spacial score (nSPS) is 10.6. The van der Waals surface area contributed by atoms with E-state index in [0.29, 0.717) is 5.78 Å². The fourth-order valence-corrected chi connectivity index (χ4v) is 0.922. The summed E-state index contributed by atoms with van der Waals surface area (Å²) in [6.07, 6.45) is 1.68. The topological polar surface area (TPSA) is 69.1 Å². The minimum atomic E-state index is 0.256. The molecule has 5 nitrogen and oxygen atoms in total. The zero-order valence-electron chi connectivity index (χ0n) is 6.02. The predicted octanol–water partition coefficient (Wildman–Crippen LogP) is 0.0149. The summed E-state index contributed by atoms with van der Waals surface area (Å²) in [5.74, 6) is 0.800. The van der Waals surface area contributed by atoms with Gasteiger partial charge in [0.1, 0.15) is 0 Å². The second-order valence-electron chi connectivity index (χ2n) is 2.27. The van der Waals surface area contributed by atoms with Crippen LogP contribution >= 0.6 is 0 Å². The molecule has 0 aromatic carbocycles. The van der Waals surface area contributed by atoms with Crippen LogP contribution < -0.4 is 5.73 Å². The average molecular weight is 149 g/mol. The fourth-order valence-electron chi connectivity index (χ4n) is 0.922. The van der Waals surface area contributed by atoms with Crippen molar-refractivity contribution in [3.63, 3.8) is 0 Å². The highest BCUT2D eigenvalue weighted by Gasteiger charge is 2.00. The van der Waals surface area contributed by atoms with Gasteiger partial charge in [-0.05, 0) is 13.0 Å². The van der Waals surface area contributed by atoms with E-state index in [1.807, 2.05) is 13.0 Å². The zero-order valence-corrected chi connectivity index (χ0v) is 6.02. The van der Waals surface area contributed by atoms with Crippen LogP contribution in [0.1, 0.15) is 5.69 Å². The van der Waals surface area contributed by atoms with Gasteiger partial charge in [-0.1, -0.05) is 0 Å². The maximum atomic E-state index is 5.38. The smallest absolute Gasteiger partial charge is 0.254 e. The van der Waals surface area contributed by atoms with E-state index in [1.165, 1.54) is 0 Å². The summed E-state index contributed by atoms with van der Waals surface area (Å²) >= 11 is 0. The molecule has 0 amide bonds. The number of fused-ring (bicyclic) bond motifs is 1. The molecule has 0 spiro atoms. The van der Waals surface area contributed by atoms with Gasteiger partial charge in [0, 0.05) is 11.9 Å². The Morgan fingerprint density at radius 3 is 3.09 bits per heavy atom. The van der Waals surface area contributed by atoms with Crippen molar-refractivity contribution in [3.8, 4) is 0 Å². The van der Waals surface area contributed by atoms with E-state index < -0.39 is 0 Å². The first kappa shape index (κ1) is 6.09. The molecule has 0 saturated heterocycles. The number of aromatic nitrogens is 4. The molecule has 0 bridgehead atoms. The molecule has 0 fully saturated rings. The molecule has 56 valence electrons. The van der Waals surface area contributed by atoms with Crippen molar-refractivity contribution >= 4 is 11.7 Å². The summed E-state index contributed by atoms with van der Waals surface area (Å²) in [5, 5.41) is 3.93. The van der Waals surface area contributed by atoms with Gasteiger partial charge in [-0.15, -0.1) is 5.10 Å². The summed E-state index contributed by atoms with van der Waals surface area (Å²) in [6, 6.07) is 1.85. The number of hydrogen-bond donors (Lipinski definition) is 1. The first-order valence-electron chi connectivity index (χ1n) is 3.21. The minimum Gasteiger partial charge on any atom is -0.366 e. The number of nitrogens with two attached hydrogens (primary N) is 1. The summed E-state index contributed by atoms with van der Waals surface area (Å²) in [6.45, 7) is 1.92. The van der Waals surface area contributed by atoms with Crippen LogP contribution in [0.5, 0.6) is 0 Å². The number of anilines is 1. The van der Waals surface area contributed by atoms with E-state index in [-0.39, 0.29) is 5.95 Å². The van der Waals surface area contributed by atoms with Gasteiger partial charge in [0.2, 0.25) is 5.95 Å². The number of rotatable bonds is 0. The second-order valence-corrected chi connectivity index (χ2v) is 2.27. The van der Waals surface area contributed by atoms with Gasteiger partial charge >= 0.3 is 0 Å². The number of aryl methyl sites for hydroxylation is 1. The van der Waals surface area contributed by atoms with E-state index in [9.17, 15) is 0 Å². The van der Waals surface area contributed by atoms with Crippen LogP contribution in [0, 0.1) is 6.92 Å². The molecule has 11 heavy (non-hydrogen) atoms. The molecule has 0 saturated carbocycles. The van der Waals surface area contributed by atoms with Crippen LogP contribution in [0.25, 0.3) is 5.78 Å². The van der Waals surface area contributed by atoms with Gasteiger partial charge in [-0.25, -0.2) is 4.98 Å². The van der Waals surface area contributed by atoms with Crippen LogP contribution in [0.15, 0.2) is 12.3 Å². The number of hydrogen-bond acceptors (Lipinski definition) is 4. The molecule has 2 rings (SSSR count). The van der Waals surface area contributed by atoms with Gasteiger partial charge in [0.05, 0.1) is 0 Å². The summed E-state index contributed by atoms with van der Waals surface area (Å²) in [7, 11) is 0. The molecule has 2 aromatic heterocycles. The Balaban J connectivity index is 2.90. The Morgan fingerprint density at radius 2 is 2.36 bits per heavy atom. The van der Waals surface area contributed by atoms with Crippen molar-refractivity contribution < 1.29 is 0 Å². The average Bonchev–Trinajstić information content (AvgIpc) is 2.31. The highest BCUT2D eigenvalue weighted by atomic mass is 15.4. The summed E-state index contributed by atoms with van der Waals surface area (Å²) in [4.78, 5) is 7.86. The van der Waals surface area contributed by atoms with Crippen LogP contribution in [0.2, 0.25) is 0 Å². The van der Waals surface area contributed by atoms with E-state index in [1.54, 1.807) is 10.7 Å².